The van der Waals surface area contributed by atoms with E-state index in [-0.39, 0.29) is 17.2 Å². The van der Waals surface area contributed by atoms with Crippen molar-refractivity contribution >= 4 is 28.8 Å². The Kier molecular flexibility index (Phi) is 5.76. The summed E-state index contributed by atoms with van der Waals surface area (Å²) >= 11 is -1.67. The van der Waals surface area contributed by atoms with Crippen LogP contribution in [0.4, 0.5) is 5.69 Å². The topological polar surface area (TPSA) is 105 Å². The summed E-state index contributed by atoms with van der Waals surface area (Å²) in [6, 6.07) is 7.06. The van der Waals surface area contributed by atoms with Crippen LogP contribution >= 0.6 is 0 Å². The summed E-state index contributed by atoms with van der Waals surface area (Å²) in [6.45, 7) is 4.16. The highest BCUT2D eigenvalue weighted by Gasteiger charge is 2.51. The van der Waals surface area contributed by atoms with E-state index in [0.717, 1.165) is 5.56 Å². The van der Waals surface area contributed by atoms with Crippen molar-refractivity contribution in [3.05, 3.63) is 41.2 Å². The highest BCUT2D eigenvalue weighted by molar-refractivity contribution is 7.81. The standard InChI is InChI=1S/C19H24N2O6S/c1-12(14-5-4-6-15(11-14)20-28(25)26-3)16-17(23)19(27-18(16)24)7-9-21(10-8-19)13(2)22/h4-6,11-12,20,23H,7-10H2,1-3H3. The van der Waals surface area contributed by atoms with E-state index in [0.29, 0.717) is 31.6 Å². The van der Waals surface area contributed by atoms with E-state index in [4.69, 9.17) is 8.92 Å². The number of amides is 1. The molecule has 2 unspecified atom stereocenters. The molecular formula is C19H24N2O6S. The average molecular weight is 408 g/mol. The lowest BCUT2D eigenvalue weighted by atomic mass is 9.85. The molecule has 1 aromatic carbocycles. The number of benzene rings is 1. The molecule has 3 rings (SSSR count). The van der Waals surface area contributed by atoms with Crippen LogP contribution in [-0.4, -0.2) is 51.9 Å². The number of nitrogens with one attached hydrogen (secondary N) is 1. The van der Waals surface area contributed by atoms with Crippen LogP contribution < -0.4 is 4.72 Å². The molecule has 152 valence electrons. The first kappa shape index (κ1) is 20.3. The summed E-state index contributed by atoms with van der Waals surface area (Å²) in [7, 11) is 1.32. The van der Waals surface area contributed by atoms with Gasteiger partial charge in [-0.2, -0.15) is 0 Å². The zero-order chi connectivity index (χ0) is 20.5. The largest absolute Gasteiger partial charge is 0.507 e. The molecule has 2 heterocycles. The number of rotatable bonds is 5. The normalized spacial score (nSPS) is 20.8. The molecule has 1 spiro atoms. The molecule has 0 bridgehead atoms. The molecule has 2 N–H and O–H groups in total. The Morgan fingerprint density at radius 3 is 2.68 bits per heavy atom. The second-order valence-corrected chi connectivity index (χ2v) is 8.01. The fraction of sp³-hybridized carbons (Fsp3) is 0.474. The number of likely N-dealkylation sites (tertiary alicyclic amines) is 1. The zero-order valence-corrected chi connectivity index (χ0v) is 16.9. The Morgan fingerprint density at radius 2 is 2.07 bits per heavy atom. The summed E-state index contributed by atoms with van der Waals surface area (Å²) in [6.07, 6.45) is 0.740. The van der Waals surface area contributed by atoms with Crippen molar-refractivity contribution in [2.45, 2.75) is 38.2 Å². The highest BCUT2D eigenvalue weighted by Crippen LogP contribution is 2.44. The van der Waals surface area contributed by atoms with E-state index >= 15 is 0 Å². The maximum Gasteiger partial charge on any atom is 0.339 e. The lowest BCUT2D eigenvalue weighted by Gasteiger charge is -2.37. The van der Waals surface area contributed by atoms with Gasteiger partial charge in [-0.05, 0) is 17.7 Å². The molecule has 28 heavy (non-hydrogen) atoms. The molecule has 2 aliphatic rings. The van der Waals surface area contributed by atoms with Crippen LogP contribution in [0.1, 0.15) is 38.2 Å². The Hall–Kier alpha value is -2.39. The fourth-order valence-corrected chi connectivity index (χ4v) is 4.11. The average Bonchev–Trinajstić information content (AvgIpc) is 2.91. The Labute approximate surface area is 166 Å². The first-order valence-corrected chi connectivity index (χ1v) is 10.1. The molecule has 1 saturated heterocycles. The number of carbonyl (C=O) groups is 2. The van der Waals surface area contributed by atoms with Crippen molar-refractivity contribution in [1.82, 2.24) is 4.90 Å². The molecule has 0 aliphatic carbocycles. The molecular weight excluding hydrogens is 384 g/mol. The van der Waals surface area contributed by atoms with Crippen molar-refractivity contribution in [2.75, 3.05) is 24.9 Å². The third-order valence-corrected chi connectivity index (χ3v) is 6.09. The summed E-state index contributed by atoms with van der Waals surface area (Å²) in [5, 5.41) is 10.9. The van der Waals surface area contributed by atoms with E-state index in [9.17, 15) is 18.9 Å². The Bertz CT molecular complexity index is 845. The van der Waals surface area contributed by atoms with Gasteiger partial charge in [-0.1, -0.05) is 19.1 Å². The van der Waals surface area contributed by atoms with Gasteiger partial charge < -0.3 is 14.7 Å². The fourth-order valence-electron chi connectivity index (χ4n) is 3.70. The number of ether oxygens (including phenoxy) is 1. The van der Waals surface area contributed by atoms with Gasteiger partial charge in [0, 0.05) is 44.5 Å². The number of nitrogens with zero attached hydrogens (tertiary/aromatic N) is 1. The van der Waals surface area contributed by atoms with E-state index in [2.05, 4.69) is 4.72 Å². The molecule has 2 atom stereocenters. The predicted molar refractivity (Wildman–Crippen MR) is 104 cm³/mol. The molecule has 9 heteroatoms. The van der Waals surface area contributed by atoms with Gasteiger partial charge in [0.15, 0.2) is 5.60 Å². The first-order chi connectivity index (χ1) is 13.3. The van der Waals surface area contributed by atoms with Gasteiger partial charge in [-0.3, -0.25) is 13.7 Å². The van der Waals surface area contributed by atoms with Crippen LogP contribution in [0.25, 0.3) is 0 Å². The van der Waals surface area contributed by atoms with E-state index in [1.807, 2.05) is 13.0 Å². The Balaban J connectivity index is 1.85. The number of piperidine rings is 1. The molecule has 0 radical (unpaired) electrons. The van der Waals surface area contributed by atoms with Crippen LogP contribution in [0, 0.1) is 0 Å². The molecule has 1 fully saturated rings. The quantitative estimate of drug-likeness (QED) is 0.724. The maximum atomic E-state index is 12.6. The van der Waals surface area contributed by atoms with Crippen molar-refractivity contribution < 1.29 is 27.8 Å². The summed E-state index contributed by atoms with van der Waals surface area (Å²) in [5.41, 5.74) is 0.497. The predicted octanol–water partition coefficient (Wildman–Crippen LogP) is 2.18. The third-order valence-electron chi connectivity index (χ3n) is 5.38. The molecule has 0 saturated carbocycles. The van der Waals surface area contributed by atoms with Gasteiger partial charge in [0.25, 0.3) is 11.3 Å². The van der Waals surface area contributed by atoms with E-state index < -0.39 is 28.8 Å². The number of esters is 1. The molecule has 1 amide bonds. The van der Waals surface area contributed by atoms with Crippen LogP contribution in [0.3, 0.4) is 0 Å². The number of hydrogen-bond acceptors (Lipinski definition) is 6. The van der Waals surface area contributed by atoms with E-state index in [1.165, 1.54) is 14.0 Å². The van der Waals surface area contributed by atoms with Crippen LogP contribution in [0.5, 0.6) is 0 Å². The minimum atomic E-state index is -1.67. The van der Waals surface area contributed by atoms with Gasteiger partial charge in [0.1, 0.15) is 5.76 Å². The number of carbonyl (C=O) groups excluding carboxylic acids is 2. The van der Waals surface area contributed by atoms with Crippen molar-refractivity contribution in [1.29, 1.82) is 0 Å². The second-order valence-electron chi connectivity index (χ2n) is 7.00. The van der Waals surface area contributed by atoms with Gasteiger partial charge in [0.05, 0.1) is 12.7 Å². The van der Waals surface area contributed by atoms with Gasteiger partial charge in [-0.15, -0.1) is 0 Å². The zero-order valence-electron chi connectivity index (χ0n) is 16.1. The lowest BCUT2D eigenvalue weighted by Crippen LogP contribution is -2.47. The third kappa shape index (κ3) is 3.77. The van der Waals surface area contributed by atoms with Crippen molar-refractivity contribution in [3.63, 3.8) is 0 Å². The SMILES string of the molecule is COS(=O)Nc1cccc(C(C)C2=C(O)C3(CCN(C(C)=O)CC3)OC2=O)c1. The maximum absolute atomic E-state index is 12.6. The monoisotopic (exact) mass is 408 g/mol. The van der Waals surface area contributed by atoms with Crippen LogP contribution in [0.2, 0.25) is 0 Å². The highest BCUT2D eigenvalue weighted by atomic mass is 32.2. The van der Waals surface area contributed by atoms with Crippen molar-refractivity contribution in [3.8, 4) is 0 Å². The minimum Gasteiger partial charge on any atom is -0.507 e. The Morgan fingerprint density at radius 1 is 1.39 bits per heavy atom. The second kappa shape index (κ2) is 7.92. The van der Waals surface area contributed by atoms with Crippen molar-refractivity contribution in [2.24, 2.45) is 0 Å². The van der Waals surface area contributed by atoms with Crippen LogP contribution in [-0.2, 0) is 29.8 Å². The van der Waals surface area contributed by atoms with Crippen LogP contribution in [0.15, 0.2) is 35.6 Å². The molecule has 8 nitrogen and oxygen atoms in total. The molecule has 2 aliphatic heterocycles. The van der Waals surface area contributed by atoms with Gasteiger partial charge in [-0.25, -0.2) is 9.00 Å². The molecule has 1 aromatic rings. The minimum absolute atomic E-state index is 0.0333. The number of aliphatic hydroxyl groups excluding tert-OH is 1. The number of aliphatic hydroxyl groups is 1. The number of hydrogen-bond donors (Lipinski definition) is 2. The summed E-state index contributed by atoms with van der Waals surface area (Å²) in [5.74, 6) is -1.04. The molecule has 0 aromatic heterocycles. The lowest BCUT2D eigenvalue weighted by molar-refractivity contribution is -0.153. The smallest absolute Gasteiger partial charge is 0.339 e. The number of anilines is 1. The first-order valence-electron chi connectivity index (χ1n) is 9.03. The van der Waals surface area contributed by atoms with Gasteiger partial charge in [0.2, 0.25) is 5.91 Å². The summed E-state index contributed by atoms with van der Waals surface area (Å²) < 4.78 is 24.5. The summed E-state index contributed by atoms with van der Waals surface area (Å²) in [4.78, 5) is 25.8. The van der Waals surface area contributed by atoms with Gasteiger partial charge >= 0.3 is 5.97 Å². The van der Waals surface area contributed by atoms with E-state index in [1.54, 1.807) is 23.1 Å².